The zero-order valence-corrected chi connectivity index (χ0v) is 12.0. The van der Waals surface area contributed by atoms with Crippen LogP contribution in [-0.2, 0) is 4.79 Å². The highest BCUT2D eigenvalue weighted by atomic mass is 16.2. The topological polar surface area (TPSA) is 35.6 Å². The fraction of sp³-hybridized carbons (Fsp3) is 0.929. The van der Waals surface area contributed by atoms with Crippen molar-refractivity contribution in [3.8, 4) is 0 Å². The number of nitrogens with zero attached hydrogens (tertiary/aromatic N) is 2. The number of piperazine rings is 1. The van der Waals surface area contributed by atoms with E-state index in [0.29, 0.717) is 30.5 Å². The average molecular weight is 253 g/mol. The monoisotopic (exact) mass is 253 g/mol. The van der Waals surface area contributed by atoms with Gasteiger partial charge in [0.05, 0.1) is 6.54 Å². The Morgan fingerprint density at radius 2 is 2.06 bits per heavy atom. The van der Waals surface area contributed by atoms with Gasteiger partial charge in [-0.1, -0.05) is 6.92 Å². The summed E-state index contributed by atoms with van der Waals surface area (Å²) in [5.41, 5.74) is 0. The molecule has 0 saturated carbocycles. The standard InChI is InChI=1S/C14H27N3O/c1-11-5-4-6-16(8-11)14(18)10-17-9-12(2)15-7-13(17)3/h11-13,15H,4-10H2,1-3H3. The Hall–Kier alpha value is -0.610. The predicted octanol–water partition coefficient (Wildman–Crippen LogP) is 0.927. The van der Waals surface area contributed by atoms with Crippen molar-refractivity contribution in [2.24, 2.45) is 5.92 Å². The molecule has 0 spiro atoms. The minimum atomic E-state index is 0.322. The van der Waals surface area contributed by atoms with Gasteiger partial charge in [0.15, 0.2) is 0 Å². The second kappa shape index (κ2) is 6.02. The summed E-state index contributed by atoms with van der Waals surface area (Å²) in [4.78, 5) is 16.7. The molecule has 1 amide bonds. The van der Waals surface area contributed by atoms with Crippen LogP contribution in [0.3, 0.4) is 0 Å². The van der Waals surface area contributed by atoms with Crippen LogP contribution in [0.1, 0.15) is 33.6 Å². The van der Waals surface area contributed by atoms with Crippen LogP contribution in [0.2, 0.25) is 0 Å². The molecular formula is C14H27N3O. The number of piperidine rings is 1. The van der Waals surface area contributed by atoms with Gasteiger partial charge < -0.3 is 10.2 Å². The molecule has 4 heteroatoms. The Kier molecular flexibility index (Phi) is 4.62. The van der Waals surface area contributed by atoms with E-state index >= 15 is 0 Å². The zero-order chi connectivity index (χ0) is 13.1. The molecule has 2 rings (SSSR count). The van der Waals surface area contributed by atoms with E-state index in [-0.39, 0.29) is 0 Å². The number of likely N-dealkylation sites (tertiary alicyclic amines) is 1. The third kappa shape index (κ3) is 3.45. The molecule has 0 aromatic carbocycles. The summed E-state index contributed by atoms with van der Waals surface area (Å²) in [6.07, 6.45) is 2.44. The normalized spacial score (nSPS) is 34.6. The molecule has 2 saturated heterocycles. The van der Waals surface area contributed by atoms with Gasteiger partial charge in [-0.2, -0.15) is 0 Å². The summed E-state index contributed by atoms with van der Waals surface area (Å²) in [5.74, 6) is 0.990. The largest absolute Gasteiger partial charge is 0.341 e. The van der Waals surface area contributed by atoms with Gasteiger partial charge in [0.2, 0.25) is 5.91 Å². The van der Waals surface area contributed by atoms with Crippen LogP contribution in [0, 0.1) is 5.92 Å². The molecule has 0 radical (unpaired) electrons. The molecular weight excluding hydrogens is 226 g/mol. The molecule has 0 aromatic heterocycles. The van der Waals surface area contributed by atoms with Crippen molar-refractivity contribution >= 4 is 5.91 Å². The van der Waals surface area contributed by atoms with Crippen molar-refractivity contribution in [3.63, 3.8) is 0 Å². The van der Waals surface area contributed by atoms with E-state index in [1.165, 1.54) is 12.8 Å². The SMILES string of the molecule is CC1CCCN(C(=O)CN2CC(C)NCC2C)C1. The third-order valence-corrected chi connectivity index (χ3v) is 4.24. The Morgan fingerprint density at radius 1 is 1.28 bits per heavy atom. The van der Waals surface area contributed by atoms with E-state index < -0.39 is 0 Å². The van der Waals surface area contributed by atoms with Gasteiger partial charge in [-0.3, -0.25) is 9.69 Å². The molecule has 2 aliphatic heterocycles. The Balaban J connectivity index is 1.85. The third-order valence-electron chi connectivity index (χ3n) is 4.24. The van der Waals surface area contributed by atoms with E-state index in [0.717, 1.165) is 26.2 Å². The van der Waals surface area contributed by atoms with Gasteiger partial charge in [0, 0.05) is 38.3 Å². The zero-order valence-electron chi connectivity index (χ0n) is 12.0. The molecule has 0 aromatic rings. The smallest absolute Gasteiger partial charge is 0.236 e. The molecule has 2 fully saturated rings. The fourth-order valence-electron chi connectivity index (χ4n) is 3.01. The number of rotatable bonds is 2. The lowest BCUT2D eigenvalue weighted by atomic mass is 10.0. The van der Waals surface area contributed by atoms with Crippen LogP contribution >= 0.6 is 0 Å². The first-order valence-electron chi connectivity index (χ1n) is 7.31. The summed E-state index contributed by atoms with van der Waals surface area (Å²) in [5, 5.41) is 3.45. The first kappa shape index (κ1) is 13.8. The number of carbonyl (C=O) groups excluding carboxylic acids is 1. The second-order valence-electron chi connectivity index (χ2n) is 6.17. The molecule has 104 valence electrons. The van der Waals surface area contributed by atoms with E-state index in [4.69, 9.17) is 0 Å². The second-order valence-corrected chi connectivity index (χ2v) is 6.17. The van der Waals surface area contributed by atoms with Crippen molar-refractivity contribution in [2.75, 3.05) is 32.7 Å². The lowest BCUT2D eigenvalue weighted by Gasteiger charge is -2.39. The lowest BCUT2D eigenvalue weighted by Crippen LogP contribution is -2.57. The molecule has 2 heterocycles. The van der Waals surface area contributed by atoms with Crippen LogP contribution in [0.15, 0.2) is 0 Å². The summed E-state index contributed by atoms with van der Waals surface area (Å²) >= 11 is 0. The van der Waals surface area contributed by atoms with Gasteiger partial charge in [0.1, 0.15) is 0 Å². The van der Waals surface area contributed by atoms with Crippen LogP contribution < -0.4 is 5.32 Å². The minimum absolute atomic E-state index is 0.322. The molecule has 2 aliphatic rings. The van der Waals surface area contributed by atoms with Gasteiger partial charge in [-0.15, -0.1) is 0 Å². The van der Waals surface area contributed by atoms with Gasteiger partial charge >= 0.3 is 0 Å². The maximum Gasteiger partial charge on any atom is 0.236 e. The molecule has 0 aliphatic carbocycles. The Bertz CT molecular complexity index is 295. The summed E-state index contributed by atoms with van der Waals surface area (Å²) in [6.45, 7) is 11.1. The number of carbonyl (C=O) groups is 1. The maximum absolute atomic E-state index is 12.3. The minimum Gasteiger partial charge on any atom is -0.341 e. The summed E-state index contributed by atoms with van der Waals surface area (Å²) in [6, 6.07) is 0.960. The highest BCUT2D eigenvalue weighted by molar-refractivity contribution is 5.78. The number of hydrogen-bond acceptors (Lipinski definition) is 3. The lowest BCUT2D eigenvalue weighted by molar-refractivity contribution is -0.135. The average Bonchev–Trinajstić information content (AvgIpc) is 2.34. The van der Waals surface area contributed by atoms with Crippen LogP contribution in [0.4, 0.5) is 0 Å². The highest BCUT2D eigenvalue weighted by Gasteiger charge is 2.27. The molecule has 1 N–H and O–H groups in total. The van der Waals surface area contributed by atoms with Crippen molar-refractivity contribution in [3.05, 3.63) is 0 Å². The van der Waals surface area contributed by atoms with Gasteiger partial charge in [0.25, 0.3) is 0 Å². The van der Waals surface area contributed by atoms with E-state index in [9.17, 15) is 4.79 Å². The molecule has 4 nitrogen and oxygen atoms in total. The Morgan fingerprint density at radius 3 is 2.78 bits per heavy atom. The number of nitrogens with one attached hydrogen (secondary N) is 1. The quantitative estimate of drug-likeness (QED) is 0.795. The molecule has 3 unspecified atom stereocenters. The van der Waals surface area contributed by atoms with E-state index in [1.807, 2.05) is 0 Å². The first-order valence-corrected chi connectivity index (χ1v) is 7.31. The number of hydrogen-bond donors (Lipinski definition) is 1. The maximum atomic E-state index is 12.3. The Labute approximate surface area is 111 Å². The summed E-state index contributed by atoms with van der Waals surface area (Å²) < 4.78 is 0. The fourth-order valence-corrected chi connectivity index (χ4v) is 3.01. The van der Waals surface area contributed by atoms with Crippen molar-refractivity contribution in [1.29, 1.82) is 0 Å². The molecule has 3 atom stereocenters. The van der Waals surface area contributed by atoms with Crippen molar-refractivity contribution < 1.29 is 4.79 Å². The molecule has 0 bridgehead atoms. The van der Waals surface area contributed by atoms with Crippen LogP contribution in [-0.4, -0.2) is 60.5 Å². The first-order chi connectivity index (χ1) is 8.56. The predicted molar refractivity (Wildman–Crippen MR) is 73.5 cm³/mol. The highest BCUT2D eigenvalue weighted by Crippen LogP contribution is 2.16. The van der Waals surface area contributed by atoms with Crippen molar-refractivity contribution in [1.82, 2.24) is 15.1 Å². The van der Waals surface area contributed by atoms with Gasteiger partial charge in [-0.25, -0.2) is 0 Å². The molecule has 18 heavy (non-hydrogen) atoms. The summed E-state index contributed by atoms with van der Waals surface area (Å²) in [7, 11) is 0. The van der Waals surface area contributed by atoms with E-state index in [2.05, 4.69) is 35.9 Å². The number of amides is 1. The van der Waals surface area contributed by atoms with Crippen molar-refractivity contribution in [2.45, 2.75) is 45.7 Å². The van der Waals surface area contributed by atoms with E-state index in [1.54, 1.807) is 0 Å². The van der Waals surface area contributed by atoms with Crippen LogP contribution in [0.5, 0.6) is 0 Å². The van der Waals surface area contributed by atoms with Gasteiger partial charge in [-0.05, 0) is 32.6 Å². The van der Waals surface area contributed by atoms with Crippen LogP contribution in [0.25, 0.3) is 0 Å².